The SMILES string of the molecule is Cc1ccc(C(=O)N[C@@H]2CCCC[C@H]2N)c(O)c1. The highest BCUT2D eigenvalue weighted by molar-refractivity contribution is 5.97. The zero-order chi connectivity index (χ0) is 13.1. The highest BCUT2D eigenvalue weighted by Gasteiger charge is 2.24. The molecule has 98 valence electrons. The van der Waals surface area contributed by atoms with Crippen molar-refractivity contribution in [2.75, 3.05) is 0 Å². The van der Waals surface area contributed by atoms with Crippen molar-refractivity contribution in [3.63, 3.8) is 0 Å². The third-order valence-electron chi connectivity index (χ3n) is 3.53. The van der Waals surface area contributed by atoms with Crippen molar-refractivity contribution in [2.24, 2.45) is 5.73 Å². The topological polar surface area (TPSA) is 75.4 Å². The lowest BCUT2D eigenvalue weighted by Gasteiger charge is -2.29. The van der Waals surface area contributed by atoms with E-state index in [9.17, 15) is 9.90 Å². The van der Waals surface area contributed by atoms with Gasteiger partial charge in [0.1, 0.15) is 5.75 Å². The van der Waals surface area contributed by atoms with Gasteiger partial charge in [-0.25, -0.2) is 0 Å². The summed E-state index contributed by atoms with van der Waals surface area (Å²) < 4.78 is 0. The molecule has 0 bridgehead atoms. The summed E-state index contributed by atoms with van der Waals surface area (Å²) in [6.07, 6.45) is 4.09. The molecule has 0 radical (unpaired) electrons. The van der Waals surface area contributed by atoms with Crippen LogP contribution in [0.25, 0.3) is 0 Å². The van der Waals surface area contributed by atoms with Gasteiger partial charge in [0, 0.05) is 12.1 Å². The molecule has 1 aromatic carbocycles. The van der Waals surface area contributed by atoms with E-state index in [1.807, 2.05) is 13.0 Å². The van der Waals surface area contributed by atoms with Crippen LogP contribution < -0.4 is 11.1 Å². The van der Waals surface area contributed by atoms with Crippen molar-refractivity contribution < 1.29 is 9.90 Å². The number of phenols is 1. The van der Waals surface area contributed by atoms with Crippen LogP contribution >= 0.6 is 0 Å². The highest BCUT2D eigenvalue weighted by atomic mass is 16.3. The molecule has 4 heteroatoms. The minimum atomic E-state index is -0.241. The lowest BCUT2D eigenvalue weighted by Crippen LogP contribution is -2.49. The molecule has 0 aliphatic heterocycles. The fraction of sp³-hybridized carbons (Fsp3) is 0.500. The Hall–Kier alpha value is -1.55. The molecule has 1 saturated carbocycles. The first-order valence-corrected chi connectivity index (χ1v) is 6.44. The average molecular weight is 248 g/mol. The van der Waals surface area contributed by atoms with Gasteiger partial charge in [-0.2, -0.15) is 0 Å². The first-order chi connectivity index (χ1) is 8.58. The molecule has 4 nitrogen and oxygen atoms in total. The number of amides is 1. The number of carbonyl (C=O) groups is 1. The highest BCUT2D eigenvalue weighted by Crippen LogP contribution is 2.21. The van der Waals surface area contributed by atoms with Gasteiger partial charge < -0.3 is 16.2 Å². The van der Waals surface area contributed by atoms with Gasteiger partial charge in [0.05, 0.1) is 5.56 Å². The third kappa shape index (κ3) is 2.82. The van der Waals surface area contributed by atoms with E-state index < -0.39 is 0 Å². The Morgan fingerprint density at radius 3 is 2.78 bits per heavy atom. The van der Waals surface area contributed by atoms with Crippen LogP contribution in [0.4, 0.5) is 0 Å². The molecule has 2 rings (SSSR count). The van der Waals surface area contributed by atoms with Crippen LogP contribution in [-0.2, 0) is 0 Å². The van der Waals surface area contributed by atoms with Crippen LogP contribution in [0.3, 0.4) is 0 Å². The quantitative estimate of drug-likeness (QED) is 0.745. The summed E-state index contributed by atoms with van der Waals surface area (Å²) in [5.41, 5.74) is 7.24. The first-order valence-electron chi connectivity index (χ1n) is 6.44. The van der Waals surface area contributed by atoms with Crippen molar-refractivity contribution in [1.82, 2.24) is 5.32 Å². The molecule has 2 atom stereocenters. The molecule has 0 spiro atoms. The number of hydrogen-bond donors (Lipinski definition) is 3. The minimum absolute atomic E-state index is 0.0203. The van der Waals surface area contributed by atoms with Gasteiger partial charge in [0.25, 0.3) is 5.91 Å². The number of aryl methyl sites for hydroxylation is 1. The summed E-state index contributed by atoms with van der Waals surface area (Å²) in [4.78, 5) is 12.1. The fourth-order valence-corrected chi connectivity index (χ4v) is 2.42. The Kier molecular flexibility index (Phi) is 3.87. The molecule has 1 amide bonds. The number of nitrogens with two attached hydrogens (primary N) is 1. The standard InChI is InChI=1S/C14H20N2O2/c1-9-6-7-10(13(17)8-9)14(18)16-12-5-3-2-4-11(12)15/h6-8,11-12,17H,2-5,15H2,1H3,(H,16,18)/t11-,12-/m1/s1. The maximum absolute atomic E-state index is 12.1. The maximum atomic E-state index is 12.1. The molecule has 0 saturated heterocycles. The molecular formula is C14H20N2O2. The van der Waals surface area contributed by atoms with Crippen molar-refractivity contribution in [3.05, 3.63) is 29.3 Å². The van der Waals surface area contributed by atoms with E-state index in [2.05, 4.69) is 5.32 Å². The number of carbonyl (C=O) groups excluding carboxylic acids is 1. The Balaban J connectivity index is 2.07. The molecule has 0 unspecified atom stereocenters. The van der Waals surface area contributed by atoms with Crippen molar-refractivity contribution in [2.45, 2.75) is 44.7 Å². The van der Waals surface area contributed by atoms with Crippen molar-refractivity contribution >= 4 is 5.91 Å². The molecule has 1 aliphatic carbocycles. The predicted octanol–water partition coefficient (Wildman–Crippen LogP) is 1.70. The number of aromatic hydroxyl groups is 1. The fourth-order valence-electron chi connectivity index (χ4n) is 2.42. The number of rotatable bonds is 2. The van der Waals surface area contributed by atoms with Gasteiger partial charge >= 0.3 is 0 Å². The summed E-state index contributed by atoms with van der Waals surface area (Å²) in [5, 5.41) is 12.7. The van der Waals surface area contributed by atoms with Gasteiger partial charge in [0.15, 0.2) is 0 Å². The second-order valence-corrected chi connectivity index (χ2v) is 5.05. The maximum Gasteiger partial charge on any atom is 0.255 e. The number of phenolic OH excluding ortho intramolecular Hbond substituents is 1. The van der Waals surface area contributed by atoms with Gasteiger partial charge in [0.2, 0.25) is 0 Å². The summed E-state index contributed by atoms with van der Waals surface area (Å²) >= 11 is 0. The summed E-state index contributed by atoms with van der Waals surface area (Å²) in [7, 11) is 0. The van der Waals surface area contributed by atoms with Gasteiger partial charge in [-0.1, -0.05) is 18.9 Å². The first kappa shape index (κ1) is 12.9. The molecule has 18 heavy (non-hydrogen) atoms. The average Bonchev–Trinajstić information content (AvgIpc) is 2.32. The van der Waals surface area contributed by atoms with Crippen molar-refractivity contribution in [3.8, 4) is 5.75 Å². The Morgan fingerprint density at radius 1 is 1.39 bits per heavy atom. The number of hydrogen-bond acceptors (Lipinski definition) is 3. The van der Waals surface area contributed by atoms with E-state index in [0.29, 0.717) is 5.56 Å². The van der Waals surface area contributed by atoms with E-state index >= 15 is 0 Å². The monoisotopic (exact) mass is 248 g/mol. The van der Waals surface area contributed by atoms with Crippen LogP contribution in [0, 0.1) is 6.92 Å². The Morgan fingerprint density at radius 2 is 2.11 bits per heavy atom. The van der Waals surface area contributed by atoms with E-state index in [-0.39, 0.29) is 23.7 Å². The van der Waals surface area contributed by atoms with Crippen LogP contribution in [0.15, 0.2) is 18.2 Å². The summed E-state index contributed by atoms with van der Waals surface area (Å²) in [5.74, 6) is -0.216. The number of nitrogens with one attached hydrogen (secondary N) is 1. The second-order valence-electron chi connectivity index (χ2n) is 5.05. The molecule has 1 aromatic rings. The molecule has 0 aromatic heterocycles. The molecule has 1 aliphatic rings. The predicted molar refractivity (Wildman–Crippen MR) is 70.5 cm³/mol. The van der Waals surface area contributed by atoms with Gasteiger partial charge in [-0.15, -0.1) is 0 Å². The molecule has 1 fully saturated rings. The zero-order valence-corrected chi connectivity index (χ0v) is 10.6. The van der Waals surface area contributed by atoms with Crippen LogP contribution in [0.5, 0.6) is 5.75 Å². The third-order valence-corrected chi connectivity index (χ3v) is 3.53. The normalized spacial score (nSPS) is 23.7. The second kappa shape index (κ2) is 5.40. The van der Waals surface area contributed by atoms with Crippen LogP contribution in [-0.4, -0.2) is 23.1 Å². The lowest BCUT2D eigenvalue weighted by atomic mass is 9.91. The molecule has 4 N–H and O–H groups in total. The van der Waals surface area contributed by atoms with E-state index in [4.69, 9.17) is 5.73 Å². The number of benzene rings is 1. The zero-order valence-electron chi connectivity index (χ0n) is 10.6. The summed E-state index contributed by atoms with van der Waals surface area (Å²) in [6, 6.07) is 5.10. The smallest absolute Gasteiger partial charge is 0.255 e. The van der Waals surface area contributed by atoms with E-state index in [0.717, 1.165) is 31.2 Å². The molecular weight excluding hydrogens is 228 g/mol. The molecule has 0 heterocycles. The van der Waals surface area contributed by atoms with E-state index in [1.54, 1.807) is 12.1 Å². The van der Waals surface area contributed by atoms with Gasteiger partial charge in [-0.3, -0.25) is 4.79 Å². The van der Waals surface area contributed by atoms with Gasteiger partial charge in [-0.05, 0) is 37.5 Å². The van der Waals surface area contributed by atoms with E-state index in [1.165, 1.54) is 0 Å². The minimum Gasteiger partial charge on any atom is -0.507 e. The van der Waals surface area contributed by atoms with Crippen LogP contribution in [0.1, 0.15) is 41.6 Å². The lowest BCUT2D eigenvalue weighted by molar-refractivity contribution is 0.0918. The Labute approximate surface area is 107 Å². The summed E-state index contributed by atoms with van der Waals surface area (Å²) in [6.45, 7) is 1.87. The van der Waals surface area contributed by atoms with Crippen molar-refractivity contribution in [1.29, 1.82) is 0 Å². The van der Waals surface area contributed by atoms with Crippen LogP contribution in [0.2, 0.25) is 0 Å². The Bertz CT molecular complexity index is 445. The largest absolute Gasteiger partial charge is 0.507 e.